The summed E-state index contributed by atoms with van der Waals surface area (Å²) in [6.45, 7) is 2.07. The van der Waals surface area contributed by atoms with Crippen LogP contribution in [0.3, 0.4) is 0 Å². The van der Waals surface area contributed by atoms with E-state index in [0.29, 0.717) is 38.3 Å². The van der Waals surface area contributed by atoms with E-state index in [2.05, 4.69) is 10.2 Å². The molecular formula is C13H18N4O4S. The van der Waals surface area contributed by atoms with Crippen molar-refractivity contribution in [3.05, 3.63) is 24.0 Å². The standard InChI is InChI=1S/C13H18N4O4S/c1-22(19,20)17-4-5-21-12-9-16(7-11(12)8-17)13(18)10-2-3-14-15-6-10/h2-3,6,11-12H,4-5,7-9H2,1H3/t11-,12-/m0/s1. The van der Waals surface area contributed by atoms with Gasteiger partial charge in [0.2, 0.25) is 10.0 Å². The maximum atomic E-state index is 12.4. The number of fused-ring (bicyclic) bond motifs is 1. The molecule has 0 radical (unpaired) electrons. The van der Waals surface area contributed by atoms with Crippen molar-refractivity contribution in [2.24, 2.45) is 5.92 Å². The summed E-state index contributed by atoms with van der Waals surface area (Å²) in [7, 11) is -3.25. The molecule has 3 rings (SSSR count). The molecule has 0 unspecified atom stereocenters. The molecule has 2 fully saturated rings. The summed E-state index contributed by atoms with van der Waals surface area (Å²) in [4.78, 5) is 14.1. The highest BCUT2D eigenvalue weighted by Crippen LogP contribution is 2.25. The van der Waals surface area contributed by atoms with Gasteiger partial charge >= 0.3 is 0 Å². The zero-order valence-corrected chi connectivity index (χ0v) is 13.1. The van der Waals surface area contributed by atoms with Crippen molar-refractivity contribution in [2.45, 2.75) is 6.10 Å². The average Bonchev–Trinajstić information content (AvgIpc) is 2.78. The molecule has 1 amide bonds. The lowest BCUT2D eigenvalue weighted by Crippen LogP contribution is -2.37. The molecule has 22 heavy (non-hydrogen) atoms. The van der Waals surface area contributed by atoms with Crippen molar-refractivity contribution in [3.63, 3.8) is 0 Å². The van der Waals surface area contributed by atoms with Crippen LogP contribution in [0.1, 0.15) is 10.4 Å². The number of ether oxygens (including phenoxy) is 1. The summed E-state index contributed by atoms with van der Waals surface area (Å²) >= 11 is 0. The molecule has 8 nitrogen and oxygen atoms in total. The lowest BCUT2D eigenvalue weighted by molar-refractivity contribution is 0.0491. The Bertz CT molecular complexity index is 651. The largest absolute Gasteiger partial charge is 0.375 e. The van der Waals surface area contributed by atoms with Gasteiger partial charge in [0, 0.05) is 32.1 Å². The molecule has 0 saturated carbocycles. The second kappa shape index (κ2) is 5.90. The fourth-order valence-corrected chi connectivity index (χ4v) is 3.80. The van der Waals surface area contributed by atoms with Gasteiger partial charge in [0.25, 0.3) is 5.91 Å². The molecule has 120 valence electrons. The third kappa shape index (κ3) is 3.11. The van der Waals surface area contributed by atoms with E-state index < -0.39 is 10.0 Å². The van der Waals surface area contributed by atoms with E-state index in [-0.39, 0.29) is 17.9 Å². The van der Waals surface area contributed by atoms with Gasteiger partial charge in [-0.15, -0.1) is 0 Å². The number of carbonyl (C=O) groups excluding carboxylic acids is 1. The molecule has 0 aromatic carbocycles. The molecule has 1 aromatic heterocycles. The molecule has 9 heteroatoms. The first kappa shape index (κ1) is 15.3. The van der Waals surface area contributed by atoms with Gasteiger partial charge in [0.15, 0.2) is 0 Å². The number of amides is 1. The number of aromatic nitrogens is 2. The molecular weight excluding hydrogens is 308 g/mol. The normalized spacial score (nSPS) is 26.5. The van der Waals surface area contributed by atoms with E-state index in [4.69, 9.17) is 4.74 Å². The summed E-state index contributed by atoms with van der Waals surface area (Å²) in [5, 5.41) is 7.37. The van der Waals surface area contributed by atoms with E-state index in [1.807, 2.05) is 0 Å². The molecule has 2 aliphatic rings. The van der Waals surface area contributed by atoms with Crippen molar-refractivity contribution in [1.82, 2.24) is 19.4 Å². The Labute approximate surface area is 129 Å². The smallest absolute Gasteiger partial charge is 0.255 e. The minimum absolute atomic E-state index is 0.00373. The lowest BCUT2D eigenvalue weighted by Gasteiger charge is -2.21. The maximum absolute atomic E-state index is 12.4. The molecule has 0 bridgehead atoms. The van der Waals surface area contributed by atoms with Gasteiger partial charge in [0.05, 0.1) is 36.9 Å². The van der Waals surface area contributed by atoms with Crippen molar-refractivity contribution in [2.75, 3.05) is 39.0 Å². The van der Waals surface area contributed by atoms with Gasteiger partial charge in [-0.1, -0.05) is 0 Å². The number of rotatable bonds is 2. The first-order chi connectivity index (χ1) is 10.4. The Kier molecular flexibility index (Phi) is 4.11. The molecule has 3 heterocycles. The van der Waals surface area contributed by atoms with Crippen LogP contribution in [0.25, 0.3) is 0 Å². The minimum Gasteiger partial charge on any atom is -0.375 e. The molecule has 0 spiro atoms. The van der Waals surface area contributed by atoms with Crippen LogP contribution in [0.4, 0.5) is 0 Å². The van der Waals surface area contributed by atoms with Crippen LogP contribution in [0.15, 0.2) is 18.5 Å². The Morgan fingerprint density at radius 3 is 2.82 bits per heavy atom. The molecule has 2 atom stereocenters. The van der Waals surface area contributed by atoms with E-state index in [9.17, 15) is 13.2 Å². The van der Waals surface area contributed by atoms with Crippen LogP contribution in [0.2, 0.25) is 0 Å². The van der Waals surface area contributed by atoms with Gasteiger partial charge in [-0.25, -0.2) is 8.42 Å². The quantitative estimate of drug-likeness (QED) is 0.707. The van der Waals surface area contributed by atoms with E-state index in [0.717, 1.165) is 0 Å². The fourth-order valence-electron chi connectivity index (χ4n) is 2.93. The summed E-state index contributed by atoms with van der Waals surface area (Å²) in [5.41, 5.74) is 0.478. The van der Waals surface area contributed by atoms with Crippen molar-refractivity contribution in [1.29, 1.82) is 0 Å². The van der Waals surface area contributed by atoms with Crippen LogP contribution in [-0.2, 0) is 14.8 Å². The molecule has 1 aromatic rings. The lowest BCUT2D eigenvalue weighted by atomic mass is 10.1. The zero-order chi connectivity index (χ0) is 15.7. The van der Waals surface area contributed by atoms with Gasteiger partial charge in [-0.2, -0.15) is 14.5 Å². The highest BCUT2D eigenvalue weighted by molar-refractivity contribution is 7.88. The number of hydrogen-bond acceptors (Lipinski definition) is 6. The van der Waals surface area contributed by atoms with Crippen LogP contribution < -0.4 is 0 Å². The monoisotopic (exact) mass is 326 g/mol. The van der Waals surface area contributed by atoms with E-state index in [1.54, 1.807) is 11.0 Å². The fraction of sp³-hybridized carbons (Fsp3) is 0.615. The van der Waals surface area contributed by atoms with E-state index in [1.165, 1.54) is 23.0 Å². The summed E-state index contributed by atoms with van der Waals surface area (Å²) in [6, 6.07) is 1.62. The first-order valence-electron chi connectivity index (χ1n) is 7.08. The number of sulfonamides is 1. The molecule has 2 aliphatic heterocycles. The Morgan fingerprint density at radius 1 is 1.32 bits per heavy atom. The predicted molar refractivity (Wildman–Crippen MR) is 77.6 cm³/mol. The maximum Gasteiger partial charge on any atom is 0.255 e. The van der Waals surface area contributed by atoms with Gasteiger partial charge in [-0.05, 0) is 6.07 Å². The van der Waals surface area contributed by atoms with Crippen LogP contribution in [0, 0.1) is 5.92 Å². The van der Waals surface area contributed by atoms with Gasteiger partial charge in [-0.3, -0.25) is 4.79 Å². The molecule has 0 aliphatic carbocycles. The van der Waals surface area contributed by atoms with Gasteiger partial charge in [0.1, 0.15) is 0 Å². The summed E-state index contributed by atoms with van der Waals surface area (Å²) < 4.78 is 30.6. The highest BCUT2D eigenvalue weighted by Gasteiger charge is 2.40. The topological polar surface area (TPSA) is 92.7 Å². The van der Waals surface area contributed by atoms with E-state index >= 15 is 0 Å². The number of nitrogens with zero attached hydrogens (tertiary/aromatic N) is 4. The third-order valence-electron chi connectivity index (χ3n) is 4.08. The molecule has 2 saturated heterocycles. The SMILES string of the molecule is CS(=O)(=O)N1CCO[C@H]2CN(C(=O)c3ccnnc3)C[C@H]2C1. The Morgan fingerprint density at radius 2 is 2.14 bits per heavy atom. The highest BCUT2D eigenvalue weighted by atomic mass is 32.2. The van der Waals surface area contributed by atoms with Crippen molar-refractivity contribution < 1.29 is 17.9 Å². The van der Waals surface area contributed by atoms with Crippen LogP contribution in [-0.4, -0.2) is 78.9 Å². The average molecular weight is 326 g/mol. The number of carbonyl (C=O) groups is 1. The van der Waals surface area contributed by atoms with Crippen LogP contribution >= 0.6 is 0 Å². The van der Waals surface area contributed by atoms with Crippen molar-refractivity contribution in [3.8, 4) is 0 Å². The van der Waals surface area contributed by atoms with Crippen molar-refractivity contribution >= 4 is 15.9 Å². The molecule has 0 N–H and O–H groups in total. The summed E-state index contributed by atoms with van der Waals surface area (Å²) in [6.07, 6.45) is 3.99. The van der Waals surface area contributed by atoms with Crippen LogP contribution in [0.5, 0.6) is 0 Å². The second-order valence-electron chi connectivity index (χ2n) is 5.63. The summed E-state index contributed by atoms with van der Waals surface area (Å²) in [5.74, 6) is -0.131. The predicted octanol–water partition coefficient (Wildman–Crippen LogP) is -0.791. The first-order valence-corrected chi connectivity index (χ1v) is 8.92. The number of hydrogen-bond donors (Lipinski definition) is 0. The minimum atomic E-state index is -3.25. The third-order valence-corrected chi connectivity index (χ3v) is 5.35. The Balaban J connectivity index is 1.72. The Hall–Kier alpha value is -1.58. The second-order valence-corrected chi connectivity index (χ2v) is 7.61. The van der Waals surface area contributed by atoms with Gasteiger partial charge < -0.3 is 9.64 Å². The zero-order valence-electron chi connectivity index (χ0n) is 12.3. The number of likely N-dealkylation sites (tertiary alicyclic amines) is 1.